The van der Waals surface area contributed by atoms with Crippen molar-refractivity contribution in [2.24, 2.45) is 5.92 Å². The highest BCUT2D eigenvalue weighted by Gasteiger charge is 2.30. The number of benzene rings is 1. The number of carboxylic acids is 1. The van der Waals surface area contributed by atoms with Crippen LogP contribution in [0.25, 0.3) is 0 Å². The summed E-state index contributed by atoms with van der Waals surface area (Å²) in [6.45, 7) is 6.14. The second kappa shape index (κ2) is 9.22. The standard InChI is InChI=1S/C19H27N3O4/c1-3-21(4-2)19(26)15-8-6-10-22(13-15)18(25)14-7-5-9-16(11-14)20-12-17(23)24/h5,7,9,11,15,20H,3-4,6,8,10,12-13H2,1-2H3,(H,23,24). The summed E-state index contributed by atoms with van der Waals surface area (Å²) in [5, 5.41) is 11.5. The Morgan fingerprint density at radius 2 is 2.00 bits per heavy atom. The third kappa shape index (κ3) is 4.97. The van der Waals surface area contributed by atoms with Gasteiger partial charge in [0.1, 0.15) is 6.54 Å². The minimum absolute atomic E-state index is 0.115. The van der Waals surface area contributed by atoms with E-state index < -0.39 is 5.97 Å². The van der Waals surface area contributed by atoms with Crippen molar-refractivity contribution in [1.82, 2.24) is 9.80 Å². The molecule has 1 saturated heterocycles. The zero-order valence-electron chi connectivity index (χ0n) is 15.4. The lowest BCUT2D eigenvalue weighted by atomic mass is 9.95. The fourth-order valence-corrected chi connectivity index (χ4v) is 3.28. The maximum atomic E-state index is 12.8. The lowest BCUT2D eigenvalue weighted by Gasteiger charge is -2.34. The molecule has 142 valence electrons. The molecule has 0 saturated carbocycles. The van der Waals surface area contributed by atoms with E-state index in [4.69, 9.17) is 5.11 Å². The van der Waals surface area contributed by atoms with Crippen molar-refractivity contribution in [3.8, 4) is 0 Å². The molecule has 26 heavy (non-hydrogen) atoms. The van der Waals surface area contributed by atoms with Crippen LogP contribution in [0.15, 0.2) is 24.3 Å². The van der Waals surface area contributed by atoms with Crippen LogP contribution < -0.4 is 5.32 Å². The zero-order chi connectivity index (χ0) is 19.1. The molecule has 1 unspecified atom stereocenters. The number of hydrogen-bond acceptors (Lipinski definition) is 4. The van der Waals surface area contributed by atoms with Crippen molar-refractivity contribution in [2.45, 2.75) is 26.7 Å². The molecule has 1 aliphatic rings. The monoisotopic (exact) mass is 361 g/mol. The second-order valence-electron chi connectivity index (χ2n) is 6.43. The van der Waals surface area contributed by atoms with Crippen molar-refractivity contribution >= 4 is 23.5 Å². The van der Waals surface area contributed by atoms with E-state index in [1.165, 1.54) is 0 Å². The van der Waals surface area contributed by atoms with E-state index in [1.807, 2.05) is 18.7 Å². The first-order valence-electron chi connectivity index (χ1n) is 9.10. The van der Waals surface area contributed by atoms with Crippen LogP contribution in [0.2, 0.25) is 0 Å². The Hall–Kier alpha value is -2.57. The van der Waals surface area contributed by atoms with Gasteiger partial charge in [-0.3, -0.25) is 14.4 Å². The molecule has 0 radical (unpaired) electrons. The molecule has 1 fully saturated rings. The summed E-state index contributed by atoms with van der Waals surface area (Å²) >= 11 is 0. The van der Waals surface area contributed by atoms with Gasteiger partial charge < -0.3 is 20.2 Å². The molecule has 1 aromatic rings. The van der Waals surface area contributed by atoms with Gasteiger partial charge in [0.2, 0.25) is 5.91 Å². The number of amides is 2. The summed E-state index contributed by atoms with van der Waals surface area (Å²) in [4.78, 5) is 39.6. The van der Waals surface area contributed by atoms with Gasteiger partial charge in [0.25, 0.3) is 5.91 Å². The van der Waals surface area contributed by atoms with Gasteiger partial charge in [0.15, 0.2) is 0 Å². The molecule has 7 nitrogen and oxygen atoms in total. The van der Waals surface area contributed by atoms with Crippen LogP contribution in [0.4, 0.5) is 5.69 Å². The van der Waals surface area contributed by atoms with E-state index in [2.05, 4.69) is 5.32 Å². The summed E-state index contributed by atoms with van der Waals surface area (Å²) in [7, 11) is 0. The van der Waals surface area contributed by atoms with Crippen LogP contribution in [-0.4, -0.2) is 65.4 Å². The van der Waals surface area contributed by atoms with Gasteiger partial charge in [0.05, 0.1) is 5.92 Å². The van der Waals surface area contributed by atoms with Crippen LogP contribution in [0.1, 0.15) is 37.0 Å². The number of aliphatic carboxylic acids is 1. The molecule has 1 atom stereocenters. The van der Waals surface area contributed by atoms with Gasteiger partial charge in [-0.15, -0.1) is 0 Å². The molecule has 2 rings (SSSR count). The van der Waals surface area contributed by atoms with E-state index in [9.17, 15) is 14.4 Å². The number of piperidine rings is 1. The highest BCUT2D eigenvalue weighted by Crippen LogP contribution is 2.21. The summed E-state index contributed by atoms with van der Waals surface area (Å²) in [6, 6.07) is 6.81. The first-order chi connectivity index (χ1) is 12.5. The van der Waals surface area contributed by atoms with Crippen molar-refractivity contribution in [3.63, 3.8) is 0 Å². The van der Waals surface area contributed by atoms with Crippen molar-refractivity contribution in [3.05, 3.63) is 29.8 Å². The van der Waals surface area contributed by atoms with Crippen molar-refractivity contribution in [1.29, 1.82) is 0 Å². The number of nitrogens with zero attached hydrogens (tertiary/aromatic N) is 2. The molecule has 1 heterocycles. The smallest absolute Gasteiger partial charge is 0.322 e. The number of carbonyl (C=O) groups is 3. The van der Waals surface area contributed by atoms with Crippen LogP contribution in [0, 0.1) is 5.92 Å². The van der Waals surface area contributed by atoms with Gasteiger partial charge in [-0.2, -0.15) is 0 Å². The van der Waals surface area contributed by atoms with E-state index in [-0.39, 0.29) is 24.3 Å². The number of carbonyl (C=O) groups excluding carboxylic acids is 2. The maximum absolute atomic E-state index is 12.8. The maximum Gasteiger partial charge on any atom is 0.322 e. The Bertz CT molecular complexity index is 658. The molecule has 2 N–H and O–H groups in total. The minimum Gasteiger partial charge on any atom is -0.480 e. The normalized spacial score (nSPS) is 16.8. The van der Waals surface area contributed by atoms with E-state index >= 15 is 0 Å². The Labute approximate surface area is 154 Å². The molecule has 7 heteroatoms. The number of nitrogens with one attached hydrogen (secondary N) is 1. The Balaban J connectivity index is 2.05. The first-order valence-corrected chi connectivity index (χ1v) is 9.10. The largest absolute Gasteiger partial charge is 0.480 e. The topological polar surface area (TPSA) is 90.0 Å². The number of anilines is 1. The van der Waals surface area contributed by atoms with Crippen molar-refractivity contribution < 1.29 is 19.5 Å². The van der Waals surface area contributed by atoms with Crippen LogP contribution >= 0.6 is 0 Å². The number of carboxylic acid groups (broad SMARTS) is 1. The second-order valence-corrected chi connectivity index (χ2v) is 6.43. The minimum atomic E-state index is -0.962. The molecule has 0 aromatic heterocycles. The average Bonchev–Trinajstić information content (AvgIpc) is 2.67. The number of hydrogen-bond donors (Lipinski definition) is 2. The van der Waals surface area contributed by atoms with Gasteiger partial charge in [-0.25, -0.2) is 0 Å². The molecule has 2 amide bonds. The van der Waals surface area contributed by atoms with Crippen LogP contribution in [-0.2, 0) is 9.59 Å². The number of likely N-dealkylation sites (tertiary alicyclic amines) is 1. The fraction of sp³-hybridized carbons (Fsp3) is 0.526. The average molecular weight is 361 g/mol. The fourth-order valence-electron chi connectivity index (χ4n) is 3.28. The molecule has 1 aromatic carbocycles. The van der Waals surface area contributed by atoms with Crippen LogP contribution in [0.3, 0.4) is 0 Å². The van der Waals surface area contributed by atoms with Gasteiger partial charge in [0, 0.05) is 37.4 Å². The lowest BCUT2D eigenvalue weighted by Crippen LogP contribution is -2.46. The zero-order valence-corrected chi connectivity index (χ0v) is 15.4. The third-order valence-electron chi connectivity index (χ3n) is 4.69. The summed E-state index contributed by atoms with van der Waals surface area (Å²) in [5.41, 5.74) is 1.09. The predicted octanol–water partition coefficient (Wildman–Crippen LogP) is 1.90. The predicted molar refractivity (Wildman–Crippen MR) is 99.1 cm³/mol. The Morgan fingerprint density at radius 3 is 2.65 bits per heavy atom. The molecular weight excluding hydrogens is 334 g/mol. The van der Waals surface area contributed by atoms with E-state index in [1.54, 1.807) is 29.2 Å². The Kier molecular flexibility index (Phi) is 7.00. The summed E-state index contributed by atoms with van der Waals surface area (Å²) < 4.78 is 0. The lowest BCUT2D eigenvalue weighted by molar-refractivity contribution is -0.136. The van der Waals surface area contributed by atoms with Gasteiger partial charge in [-0.05, 0) is 44.9 Å². The van der Waals surface area contributed by atoms with E-state index in [0.717, 1.165) is 12.8 Å². The van der Waals surface area contributed by atoms with Gasteiger partial charge >= 0.3 is 5.97 Å². The SMILES string of the molecule is CCN(CC)C(=O)C1CCCN(C(=O)c2cccc(NCC(=O)O)c2)C1. The number of rotatable bonds is 7. The first kappa shape index (κ1) is 19.8. The highest BCUT2D eigenvalue weighted by atomic mass is 16.4. The highest BCUT2D eigenvalue weighted by molar-refractivity contribution is 5.95. The summed E-state index contributed by atoms with van der Waals surface area (Å²) in [6.07, 6.45) is 1.61. The third-order valence-corrected chi connectivity index (χ3v) is 4.69. The van der Waals surface area contributed by atoms with Crippen LogP contribution in [0.5, 0.6) is 0 Å². The molecule has 0 spiro atoms. The quantitative estimate of drug-likeness (QED) is 0.774. The molecule has 1 aliphatic heterocycles. The van der Waals surface area contributed by atoms with E-state index in [0.29, 0.717) is 37.4 Å². The summed E-state index contributed by atoms with van der Waals surface area (Å²) in [5.74, 6) is -1.12. The Morgan fingerprint density at radius 1 is 1.27 bits per heavy atom. The molecule has 0 bridgehead atoms. The van der Waals surface area contributed by atoms with Gasteiger partial charge in [-0.1, -0.05) is 6.07 Å². The van der Waals surface area contributed by atoms with Crippen molar-refractivity contribution in [2.75, 3.05) is 38.0 Å². The molecule has 0 aliphatic carbocycles. The molecular formula is C19H27N3O4.